The molecule has 3 aromatic rings. The third kappa shape index (κ3) is 5.07. The van der Waals surface area contributed by atoms with Crippen LogP contribution in [0, 0.1) is 6.92 Å². The van der Waals surface area contributed by atoms with Crippen LogP contribution in [0.15, 0.2) is 52.9 Å². The van der Waals surface area contributed by atoms with E-state index < -0.39 is 5.97 Å². The maximum absolute atomic E-state index is 12.7. The number of para-hydroxylation sites is 2. The number of hydrogen-bond donors (Lipinski definition) is 1. The summed E-state index contributed by atoms with van der Waals surface area (Å²) in [6.07, 6.45) is 0.877. The molecule has 1 aromatic heterocycles. The van der Waals surface area contributed by atoms with Crippen LogP contribution in [0.1, 0.15) is 41.9 Å². The Bertz CT molecular complexity index is 1020. The normalized spacial score (nSPS) is 11.1. The topological polar surface area (TPSA) is 71.8 Å². The summed E-state index contributed by atoms with van der Waals surface area (Å²) < 4.78 is 11.0. The predicted octanol–water partition coefficient (Wildman–Crippen LogP) is 4.77. The molecule has 1 N–H and O–H groups in total. The van der Waals surface area contributed by atoms with E-state index in [0.29, 0.717) is 18.7 Å². The predicted molar refractivity (Wildman–Crippen MR) is 118 cm³/mol. The van der Waals surface area contributed by atoms with Crippen molar-refractivity contribution in [3.63, 3.8) is 0 Å². The number of nitrogens with one attached hydrogen (secondary N) is 1. The molecule has 0 aliphatic heterocycles. The van der Waals surface area contributed by atoms with E-state index >= 15 is 0 Å². The van der Waals surface area contributed by atoms with Gasteiger partial charge in [-0.05, 0) is 44.5 Å². The lowest BCUT2D eigenvalue weighted by atomic mass is 10.1. The number of esters is 1. The second kappa shape index (κ2) is 10.1. The molecule has 0 aliphatic carbocycles. The van der Waals surface area contributed by atoms with Crippen LogP contribution >= 0.6 is 0 Å². The molecule has 0 bridgehead atoms. The van der Waals surface area contributed by atoms with Gasteiger partial charge in [-0.1, -0.05) is 43.3 Å². The van der Waals surface area contributed by atoms with Crippen LogP contribution in [0.4, 0.5) is 5.69 Å². The number of aryl methyl sites for hydroxylation is 1. The number of hydrogen-bond acceptors (Lipinski definition) is 5. The zero-order chi connectivity index (χ0) is 21.5. The van der Waals surface area contributed by atoms with E-state index in [9.17, 15) is 9.59 Å². The van der Waals surface area contributed by atoms with Gasteiger partial charge in [-0.25, -0.2) is 4.79 Å². The molecule has 0 unspecified atom stereocenters. The van der Waals surface area contributed by atoms with Crippen LogP contribution in [0.2, 0.25) is 0 Å². The molecule has 3 rings (SSSR count). The Balaban J connectivity index is 1.83. The van der Waals surface area contributed by atoms with E-state index in [1.807, 2.05) is 60.4 Å². The van der Waals surface area contributed by atoms with Crippen molar-refractivity contribution in [3.05, 3.63) is 65.4 Å². The Hall–Kier alpha value is -3.12. The lowest BCUT2D eigenvalue weighted by molar-refractivity contribution is -0.117. The molecule has 0 atom stereocenters. The zero-order valence-corrected chi connectivity index (χ0v) is 17.7. The van der Waals surface area contributed by atoms with E-state index in [2.05, 4.69) is 12.2 Å². The second-order valence-electron chi connectivity index (χ2n) is 7.20. The van der Waals surface area contributed by atoms with Crippen LogP contribution in [-0.4, -0.2) is 36.5 Å². The summed E-state index contributed by atoms with van der Waals surface area (Å²) >= 11 is 0. The molecule has 2 aromatic carbocycles. The van der Waals surface area contributed by atoms with Gasteiger partial charge in [0, 0.05) is 23.2 Å². The third-order valence-electron chi connectivity index (χ3n) is 4.87. The number of anilines is 1. The highest BCUT2D eigenvalue weighted by Crippen LogP contribution is 2.28. The van der Waals surface area contributed by atoms with Crippen molar-refractivity contribution in [1.29, 1.82) is 0 Å². The number of rotatable bonds is 9. The first-order valence-corrected chi connectivity index (χ1v) is 10.3. The fourth-order valence-electron chi connectivity index (χ4n) is 3.48. The van der Waals surface area contributed by atoms with Crippen molar-refractivity contribution >= 4 is 28.5 Å². The van der Waals surface area contributed by atoms with Crippen molar-refractivity contribution in [2.24, 2.45) is 0 Å². The minimum atomic E-state index is -0.482. The quantitative estimate of drug-likeness (QED) is 0.517. The molecule has 158 valence electrons. The fraction of sp³-hybridized carbons (Fsp3) is 0.333. The summed E-state index contributed by atoms with van der Waals surface area (Å²) in [6.45, 7) is 7.40. The first-order valence-electron chi connectivity index (χ1n) is 10.3. The van der Waals surface area contributed by atoms with Crippen LogP contribution in [0.25, 0.3) is 11.0 Å². The maximum Gasteiger partial charge on any atom is 0.374 e. The highest BCUT2D eigenvalue weighted by molar-refractivity contribution is 5.96. The van der Waals surface area contributed by atoms with E-state index in [1.165, 1.54) is 0 Å². The van der Waals surface area contributed by atoms with Crippen molar-refractivity contribution in [1.82, 2.24) is 4.90 Å². The average molecular weight is 408 g/mol. The summed E-state index contributed by atoms with van der Waals surface area (Å²) in [7, 11) is 0. The molecule has 0 saturated heterocycles. The molecular weight excluding hydrogens is 380 g/mol. The largest absolute Gasteiger partial charge is 0.460 e. The van der Waals surface area contributed by atoms with E-state index in [0.717, 1.165) is 28.6 Å². The van der Waals surface area contributed by atoms with Gasteiger partial charge in [-0.15, -0.1) is 0 Å². The molecule has 30 heavy (non-hydrogen) atoms. The number of furan rings is 1. The lowest BCUT2D eigenvalue weighted by Gasteiger charge is -2.21. The van der Waals surface area contributed by atoms with Crippen LogP contribution in [-0.2, 0) is 16.1 Å². The van der Waals surface area contributed by atoms with Gasteiger partial charge >= 0.3 is 5.97 Å². The Morgan fingerprint density at radius 3 is 2.53 bits per heavy atom. The van der Waals surface area contributed by atoms with Crippen molar-refractivity contribution in [2.75, 3.05) is 25.0 Å². The standard InChI is InChI=1S/C24H28N2O4/c1-4-14-26(16-22(27)25-20-12-8-6-10-17(20)3)15-19-18-11-7-9-13-21(18)30-23(19)24(28)29-5-2/h6-13H,4-5,14-16H2,1-3H3,(H,25,27). The summed E-state index contributed by atoms with van der Waals surface area (Å²) in [5.74, 6) is -0.369. The highest BCUT2D eigenvalue weighted by Gasteiger charge is 2.24. The summed E-state index contributed by atoms with van der Waals surface area (Å²) in [5.41, 5.74) is 3.20. The lowest BCUT2D eigenvalue weighted by Crippen LogP contribution is -2.34. The molecule has 6 nitrogen and oxygen atoms in total. The molecular formula is C24H28N2O4. The number of amides is 1. The highest BCUT2D eigenvalue weighted by atomic mass is 16.5. The van der Waals surface area contributed by atoms with E-state index in [1.54, 1.807) is 6.92 Å². The van der Waals surface area contributed by atoms with Crippen LogP contribution < -0.4 is 5.32 Å². The van der Waals surface area contributed by atoms with Gasteiger partial charge < -0.3 is 14.5 Å². The number of nitrogens with zero attached hydrogens (tertiary/aromatic N) is 1. The number of benzene rings is 2. The van der Waals surface area contributed by atoms with Gasteiger partial charge in [0.15, 0.2) is 0 Å². The van der Waals surface area contributed by atoms with E-state index in [-0.39, 0.29) is 24.8 Å². The average Bonchev–Trinajstić information content (AvgIpc) is 3.09. The Morgan fingerprint density at radius 2 is 1.80 bits per heavy atom. The van der Waals surface area contributed by atoms with Crippen molar-refractivity contribution in [2.45, 2.75) is 33.7 Å². The van der Waals surface area contributed by atoms with Crippen molar-refractivity contribution in [3.8, 4) is 0 Å². The Kier molecular flexibility index (Phi) is 7.25. The monoisotopic (exact) mass is 408 g/mol. The molecule has 0 spiro atoms. The summed E-state index contributed by atoms with van der Waals surface area (Å²) in [4.78, 5) is 27.2. The van der Waals surface area contributed by atoms with Gasteiger partial charge in [0.05, 0.1) is 13.2 Å². The van der Waals surface area contributed by atoms with Gasteiger partial charge in [0.2, 0.25) is 11.7 Å². The summed E-state index contributed by atoms with van der Waals surface area (Å²) in [5, 5.41) is 3.84. The first-order chi connectivity index (χ1) is 14.5. The van der Waals surface area contributed by atoms with Gasteiger partial charge in [0.1, 0.15) is 5.58 Å². The molecule has 1 heterocycles. The minimum Gasteiger partial charge on any atom is -0.460 e. The van der Waals surface area contributed by atoms with Gasteiger partial charge in [-0.3, -0.25) is 9.69 Å². The number of fused-ring (bicyclic) bond motifs is 1. The molecule has 0 fully saturated rings. The number of ether oxygens (including phenoxy) is 1. The SMILES string of the molecule is CCCN(CC(=O)Nc1ccccc1C)Cc1c(C(=O)OCC)oc2ccccc12. The first kappa shape index (κ1) is 21.6. The minimum absolute atomic E-state index is 0.0942. The maximum atomic E-state index is 12.7. The van der Waals surface area contributed by atoms with Crippen LogP contribution in [0.5, 0.6) is 0 Å². The number of carbonyl (C=O) groups excluding carboxylic acids is 2. The molecule has 0 radical (unpaired) electrons. The molecule has 6 heteroatoms. The smallest absolute Gasteiger partial charge is 0.374 e. The molecule has 1 amide bonds. The third-order valence-corrected chi connectivity index (χ3v) is 4.87. The van der Waals surface area contributed by atoms with Gasteiger partial charge in [0.25, 0.3) is 0 Å². The van der Waals surface area contributed by atoms with Gasteiger partial charge in [-0.2, -0.15) is 0 Å². The molecule has 0 saturated carbocycles. The van der Waals surface area contributed by atoms with Crippen LogP contribution in [0.3, 0.4) is 0 Å². The Morgan fingerprint density at radius 1 is 1.07 bits per heavy atom. The molecule has 0 aliphatic rings. The number of carbonyl (C=O) groups is 2. The Labute approximate surface area is 176 Å². The zero-order valence-electron chi connectivity index (χ0n) is 17.7. The fourth-order valence-corrected chi connectivity index (χ4v) is 3.48. The van der Waals surface area contributed by atoms with E-state index in [4.69, 9.17) is 9.15 Å². The summed E-state index contributed by atoms with van der Waals surface area (Å²) in [6, 6.07) is 15.2. The van der Waals surface area contributed by atoms with Crippen molar-refractivity contribution < 1.29 is 18.7 Å². The second-order valence-corrected chi connectivity index (χ2v) is 7.20.